The number of amides is 2. The quantitative estimate of drug-likeness (QED) is 0.298. The third kappa shape index (κ3) is 6.30. The first-order valence-electron chi connectivity index (χ1n) is 10.4. The molecule has 0 unspecified atom stereocenters. The molecule has 3 rings (SSSR count). The van der Waals surface area contributed by atoms with E-state index in [1.807, 2.05) is 0 Å². The summed E-state index contributed by atoms with van der Waals surface area (Å²) >= 11 is 14.3. The first-order valence-corrected chi connectivity index (χ1v) is 12.9. The van der Waals surface area contributed by atoms with Crippen molar-refractivity contribution in [3.8, 4) is 5.75 Å². The second-order valence-electron chi connectivity index (χ2n) is 7.61. The van der Waals surface area contributed by atoms with Gasteiger partial charge >= 0.3 is 5.97 Å². The molecule has 2 aromatic heterocycles. The van der Waals surface area contributed by atoms with Crippen molar-refractivity contribution in [3.63, 3.8) is 0 Å². The average molecular weight is 572 g/mol. The van der Waals surface area contributed by atoms with Gasteiger partial charge in [0.1, 0.15) is 17.4 Å². The molecule has 2 heterocycles. The Balaban J connectivity index is 1.67. The third-order valence-electron chi connectivity index (χ3n) is 4.90. The van der Waals surface area contributed by atoms with Crippen LogP contribution in [0.1, 0.15) is 31.4 Å². The lowest BCUT2D eigenvalue weighted by molar-refractivity contribution is -0.113. The molecule has 0 aliphatic rings. The summed E-state index contributed by atoms with van der Waals surface area (Å²) in [5.41, 5.74) is 0.607. The fraction of sp³-hybridized carbons (Fsp3) is 0.318. The van der Waals surface area contributed by atoms with Gasteiger partial charge in [-0.15, -0.1) is 21.5 Å². The minimum absolute atomic E-state index is 0.0124. The number of carbonyl (C=O) groups excluding carboxylic acids is 3. The number of nitrogens with one attached hydrogen (secondary N) is 1. The lowest BCUT2D eigenvalue weighted by atomic mass is 10.1. The number of hydrogen-bond acceptors (Lipinski definition) is 9. The van der Waals surface area contributed by atoms with E-state index in [1.54, 1.807) is 50.8 Å². The van der Waals surface area contributed by atoms with E-state index in [-0.39, 0.29) is 34.7 Å². The van der Waals surface area contributed by atoms with Crippen molar-refractivity contribution < 1.29 is 23.9 Å². The molecule has 1 N–H and O–H groups in total. The molecule has 0 fully saturated rings. The number of thiophene rings is 1. The molecular formula is C22H23Cl2N5O5S2. The van der Waals surface area contributed by atoms with Crippen LogP contribution in [0.2, 0.25) is 10.0 Å². The number of ether oxygens (including phenoxy) is 2. The molecule has 36 heavy (non-hydrogen) atoms. The van der Waals surface area contributed by atoms with E-state index in [1.165, 1.54) is 12.0 Å². The summed E-state index contributed by atoms with van der Waals surface area (Å²) < 4.78 is 12.2. The number of thioether (sulfide) groups is 1. The molecular weight excluding hydrogens is 549 g/mol. The Morgan fingerprint density at radius 2 is 1.94 bits per heavy atom. The summed E-state index contributed by atoms with van der Waals surface area (Å²) in [7, 11) is 6.20. The summed E-state index contributed by atoms with van der Waals surface area (Å²) in [4.78, 5) is 39.2. The molecule has 10 nitrogen and oxygen atoms in total. The SMILES string of the molecule is COC(=O)c1c(NC(=O)CSc2nnc(COc3cc(Cl)ccc3Cl)n2C)sc(C(=O)N(C)C)c1C. The van der Waals surface area contributed by atoms with E-state index in [2.05, 4.69) is 15.5 Å². The number of carbonyl (C=O) groups is 3. The highest BCUT2D eigenvalue weighted by Gasteiger charge is 2.27. The minimum atomic E-state index is -0.637. The predicted octanol–water partition coefficient (Wildman–Crippen LogP) is 4.29. The molecule has 0 bridgehead atoms. The average Bonchev–Trinajstić information content (AvgIpc) is 3.35. The van der Waals surface area contributed by atoms with Crippen molar-refractivity contribution >= 4 is 69.1 Å². The van der Waals surface area contributed by atoms with Gasteiger partial charge in [0.15, 0.2) is 11.0 Å². The summed E-state index contributed by atoms with van der Waals surface area (Å²) in [5, 5.41) is 12.6. The smallest absolute Gasteiger partial charge is 0.341 e. The van der Waals surface area contributed by atoms with Crippen LogP contribution in [-0.2, 0) is 23.2 Å². The second-order valence-corrected chi connectivity index (χ2v) is 10.4. The molecule has 3 aromatic rings. The van der Waals surface area contributed by atoms with Crippen LogP contribution in [0.4, 0.5) is 5.00 Å². The molecule has 0 saturated carbocycles. The van der Waals surface area contributed by atoms with Gasteiger partial charge in [0, 0.05) is 32.2 Å². The van der Waals surface area contributed by atoms with Crippen molar-refractivity contribution in [2.75, 3.05) is 32.3 Å². The van der Waals surface area contributed by atoms with Crippen LogP contribution in [-0.4, -0.2) is 64.4 Å². The molecule has 1 aromatic carbocycles. The van der Waals surface area contributed by atoms with Crippen molar-refractivity contribution in [3.05, 3.63) is 50.1 Å². The Kier molecular flexibility index (Phi) is 9.23. The van der Waals surface area contributed by atoms with Gasteiger partial charge in [-0.25, -0.2) is 4.79 Å². The summed E-state index contributed by atoms with van der Waals surface area (Å²) in [6, 6.07) is 4.90. The van der Waals surface area contributed by atoms with Crippen molar-refractivity contribution in [2.24, 2.45) is 7.05 Å². The van der Waals surface area contributed by atoms with Crippen LogP contribution < -0.4 is 10.1 Å². The number of rotatable bonds is 9. The number of benzene rings is 1. The van der Waals surface area contributed by atoms with Crippen LogP contribution in [0.25, 0.3) is 0 Å². The van der Waals surface area contributed by atoms with Crippen molar-refractivity contribution in [2.45, 2.75) is 18.7 Å². The predicted molar refractivity (Wildman–Crippen MR) is 140 cm³/mol. The standard InChI is InChI=1S/C22H23Cl2N5O5S2/c1-11-17(21(32)33-5)19(36-18(11)20(31)28(2)3)25-16(30)10-35-22-27-26-15(29(22)4)9-34-14-8-12(23)6-7-13(14)24/h6-8H,9-10H2,1-5H3,(H,25,30). The second kappa shape index (κ2) is 12.0. The van der Waals surface area contributed by atoms with Gasteiger partial charge in [-0.3, -0.25) is 9.59 Å². The molecule has 0 atom stereocenters. The maximum atomic E-state index is 12.7. The normalized spacial score (nSPS) is 10.8. The number of aromatic nitrogens is 3. The molecule has 0 aliphatic heterocycles. The van der Waals surface area contributed by atoms with Gasteiger partial charge in [0.2, 0.25) is 5.91 Å². The highest BCUT2D eigenvalue weighted by Crippen LogP contribution is 2.34. The first-order chi connectivity index (χ1) is 17.0. The summed E-state index contributed by atoms with van der Waals surface area (Å²) in [5.74, 6) is -0.376. The highest BCUT2D eigenvalue weighted by molar-refractivity contribution is 7.99. The maximum absolute atomic E-state index is 12.7. The lowest BCUT2D eigenvalue weighted by Crippen LogP contribution is -2.21. The zero-order valence-corrected chi connectivity index (χ0v) is 23.2. The molecule has 0 saturated heterocycles. The number of anilines is 1. The van der Waals surface area contributed by atoms with E-state index in [9.17, 15) is 14.4 Å². The maximum Gasteiger partial charge on any atom is 0.341 e. The number of hydrogen-bond donors (Lipinski definition) is 1. The Bertz CT molecular complexity index is 1310. The van der Waals surface area contributed by atoms with E-state index < -0.39 is 5.97 Å². The van der Waals surface area contributed by atoms with E-state index >= 15 is 0 Å². The molecule has 0 aliphatic carbocycles. The van der Waals surface area contributed by atoms with Crippen LogP contribution in [0.5, 0.6) is 5.75 Å². The van der Waals surface area contributed by atoms with Crippen LogP contribution in [0.15, 0.2) is 23.4 Å². The Morgan fingerprint density at radius 1 is 1.22 bits per heavy atom. The number of methoxy groups -OCH3 is 1. The number of nitrogens with zero attached hydrogens (tertiary/aromatic N) is 4. The topological polar surface area (TPSA) is 116 Å². The van der Waals surface area contributed by atoms with Crippen LogP contribution >= 0.6 is 46.3 Å². The fourth-order valence-corrected chi connectivity index (χ4v) is 5.27. The third-order valence-corrected chi connectivity index (χ3v) is 7.66. The van der Waals surface area contributed by atoms with Crippen molar-refractivity contribution in [1.82, 2.24) is 19.7 Å². The zero-order valence-electron chi connectivity index (χ0n) is 20.0. The zero-order chi connectivity index (χ0) is 26.6. The molecule has 2 amide bonds. The van der Waals surface area contributed by atoms with Gasteiger partial charge in [0.25, 0.3) is 5.91 Å². The summed E-state index contributed by atoms with van der Waals surface area (Å²) in [6.07, 6.45) is 0. The fourth-order valence-electron chi connectivity index (χ4n) is 2.98. The van der Waals surface area contributed by atoms with Crippen LogP contribution in [0, 0.1) is 6.92 Å². The van der Waals surface area contributed by atoms with Crippen molar-refractivity contribution in [1.29, 1.82) is 0 Å². The van der Waals surface area contributed by atoms with Gasteiger partial charge in [0.05, 0.1) is 28.3 Å². The molecule has 14 heteroatoms. The Morgan fingerprint density at radius 3 is 2.61 bits per heavy atom. The lowest BCUT2D eigenvalue weighted by Gasteiger charge is -2.08. The Labute approximate surface area is 225 Å². The first kappa shape index (κ1) is 27.8. The molecule has 192 valence electrons. The monoisotopic (exact) mass is 571 g/mol. The Hall–Kier alpha value is -2.80. The molecule has 0 radical (unpaired) electrons. The van der Waals surface area contributed by atoms with E-state index in [0.29, 0.717) is 37.2 Å². The minimum Gasteiger partial charge on any atom is -0.484 e. The number of esters is 1. The summed E-state index contributed by atoms with van der Waals surface area (Å²) in [6.45, 7) is 1.74. The van der Waals surface area contributed by atoms with Gasteiger partial charge in [-0.1, -0.05) is 35.0 Å². The molecule has 0 spiro atoms. The van der Waals surface area contributed by atoms with E-state index in [4.69, 9.17) is 32.7 Å². The highest BCUT2D eigenvalue weighted by atomic mass is 35.5. The van der Waals surface area contributed by atoms with Gasteiger partial charge < -0.3 is 24.3 Å². The van der Waals surface area contributed by atoms with Gasteiger partial charge in [-0.05, 0) is 24.6 Å². The largest absolute Gasteiger partial charge is 0.484 e. The van der Waals surface area contributed by atoms with E-state index in [0.717, 1.165) is 23.1 Å². The number of halogens is 2. The van der Waals surface area contributed by atoms with Crippen LogP contribution in [0.3, 0.4) is 0 Å². The van der Waals surface area contributed by atoms with Gasteiger partial charge in [-0.2, -0.15) is 0 Å².